The lowest BCUT2D eigenvalue weighted by atomic mass is 10.1. The molecule has 1 aliphatic rings. The lowest BCUT2D eigenvalue weighted by Gasteiger charge is -2.11. The summed E-state index contributed by atoms with van der Waals surface area (Å²) in [5, 5.41) is 18.2. The number of ether oxygens (including phenoxy) is 3. The minimum atomic E-state index is -1.66. The Balaban J connectivity index is 2.50. The molecule has 1 heterocycles. The van der Waals surface area contributed by atoms with Gasteiger partial charge in [-0.3, -0.25) is 0 Å². The Morgan fingerprint density at radius 1 is 1.50 bits per heavy atom. The molecule has 0 radical (unpaired) electrons. The van der Waals surface area contributed by atoms with Gasteiger partial charge in [-0.25, -0.2) is 4.79 Å². The molecule has 1 unspecified atom stereocenters. The first kappa shape index (κ1) is 10.6. The average molecular weight is 226 g/mol. The summed E-state index contributed by atoms with van der Waals surface area (Å²) in [6, 6.07) is 2.98. The zero-order valence-corrected chi connectivity index (χ0v) is 8.47. The summed E-state index contributed by atoms with van der Waals surface area (Å²) in [5.74, 6) is -0.337. The van der Waals surface area contributed by atoms with Crippen molar-refractivity contribution in [2.24, 2.45) is 0 Å². The SMILES string of the molecule is COc1cc2c(c(C(O)C(=O)O)c1)OCO2. The standard InChI is InChI=1S/C10H10O6/c1-14-5-2-6(8(11)10(12)13)9-7(3-5)15-4-16-9/h2-3,8,11H,4H2,1H3,(H,12,13). The molecule has 1 aromatic rings. The lowest BCUT2D eigenvalue weighted by Crippen LogP contribution is -2.11. The molecule has 6 heteroatoms. The molecule has 0 saturated heterocycles. The fourth-order valence-corrected chi connectivity index (χ4v) is 1.47. The quantitative estimate of drug-likeness (QED) is 0.782. The average Bonchev–Trinajstić information content (AvgIpc) is 2.74. The van der Waals surface area contributed by atoms with Crippen LogP contribution in [0, 0.1) is 0 Å². The first-order valence-electron chi connectivity index (χ1n) is 4.52. The summed E-state index contributed by atoms with van der Waals surface area (Å²) >= 11 is 0. The van der Waals surface area contributed by atoms with E-state index in [4.69, 9.17) is 19.3 Å². The smallest absolute Gasteiger partial charge is 0.337 e. The van der Waals surface area contributed by atoms with E-state index in [1.54, 1.807) is 6.07 Å². The summed E-state index contributed by atoms with van der Waals surface area (Å²) in [6.45, 7) is 0.00183. The molecule has 6 nitrogen and oxygen atoms in total. The van der Waals surface area contributed by atoms with Crippen molar-refractivity contribution in [3.63, 3.8) is 0 Å². The van der Waals surface area contributed by atoms with Gasteiger partial charge >= 0.3 is 5.97 Å². The molecule has 2 rings (SSSR count). The number of hydrogen-bond acceptors (Lipinski definition) is 5. The number of benzene rings is 1. The molecular weight excluding hydrogens is 216 g/mol. The Morgan fingerprint density at radius 2 is 2.25 bits per heavy atom. The zero-order chi connectivity index (χ0) is 11.7. The second kappa shape index (κ2) is 3.90. The molecule has 1 aromatic carbocycles. The van der Waals surface area contributed by atoms with Gasteiger partial charge in [0.1, 0.15) is 5.75 Å². The van der Waals surface area contributed by atoms with E-state index in [2.05, 4.69) is 0 Å². The van der Waals surface area contributed by atoms with Crippen molar-refractivity contribution in [1.29, 1.82) is 0 Å². The van der Waals surface area contributed by atoms with Crippen LogP contribution in [0.25, 0.3) is 0 Å². The van der Waals surface area contributed by atoms with E-state index in [0.29, 0.717) is 11.5 Å². The minimum Gasteiger partial charge on any atom is -0.497 e. The van der Waals surface area contributed by atoms with E-state index in [0.717, 1.165) is 0 Å². The Bertz CT molecular complexity index is 428. The third-order valence-corrected chi connectivity index (χ3v) is 2.24. The Hall–Kier alpha value is -1.95. The lowest BCUT2D eigenvalue weighted by molar-refractivity contribution is -0.147. The van der Waals surface area contributed by atoms with E-state index >= 15 is 0 Å². The van der Waals surface area contributed by atoms with Crippen molar-refractivity contribution in [3.8, 4) is 17.2 Å². The summed E-state index contributed by atoms with van der Waals surface area (Å²) in [7, 11) is 1.44. The summed E-state index contributed by atoms with van der Waals surface area (Å²) in [4.78, 5) is 10.7. The predicted octanol–water partition coefficient (Wildman–Crippen LogP) is 0.542. The van der Waals surface area contributed by atoms with Crippen molar-refractivity contribution in [1.82, 2.24) is 0 Å². The van der Waals surface area contributed by atoms with Crippen LogP contribution in [0.15, 0.2) is 12.1 Å². The van der Waals surface area contributed by atoms with Crippen LogP contribution in [-0.2, 0) is 4.79 Å². The zero-order valence-electron chi connectivity index (χ0n) is 8.47. The fourth-order valence-electron chi connectivity index (χ4n) is 1.47. The van der Waals surface area contributed by atoms with Gasteiger partial charge in [-0.05, 0) is 6.07 Å². The molecule has 16 heavy (non-hydrogen) atoms. The van der Waals surface area contributed by atoms with Gasteiger partial charge < -0.3 is 24.4 Å². The molecule has 0 aliphatic carbocycles. The van der Waals surface area contributed by atoms with Crippen LogP contribution in [0.3, 0.4) is 0 Å². The maximum Gasteiger partial charge on any atom is 0.337 e. The molecule has 86 valence electrons. The van der Waals surface area contributed by atoms with E-state index in [1.165, 1.54) is 13.2 Å². The number of carboxylic acid groups (broad SMARTS) is 1. The monoisotopic (exact) mass is 226 g/mol. The van der Waals surface area contributed by atoms with Crippen LogP contribution in [-0.4, -0.2) is 30.1 Å². The predicted molar refractivity (Wildman–Crippen MR) is 51.7 cm³/mol. The Morgan fingerprint density at radius 3 is 2.88 bits per heavy atom. The van der Waals surface area contributed by atoms with E-state index < -0.39 is 12.1 Å². The number of aliphatic carboxylic acids is 1. The van der Waals surface area contributed by atoms with Gasteiger partial charge in [-0.2, -0.15) is 0 Å². The van der Waals surface area contributed by atoms with E-state index in [-0.39, 0.29) is 18.1 Å². The number of aliphatic hydroxyl groups is 1. The molecule has 0 amide bonds. The topological polar surface area (TPSA) is 85.2 Å². The van der Waals surface area contributed by atoms with Gasteiger partial charge in [-0.15, -0.1) is 0 Å². The second-order valence-corrected chi connectivity index (χ2v) is 3.19. The van der Waals surface area contributed by atoms with Crippen molar-refractivity contribution in [2.75, 3.05) is 13.9 Å². The van der Waals surface area contributed by atoms with Gasteiger partial charge in [0.25, 0.3) is 0 Å². The molecule has 1 atom stereocenters. The number of methoxy groups -OCH3 is 1. The number of hydrogen-bond donors (Lipinski definition) is 2. The number of rotatable bonds is 3. The van der Waals surface area contributed by atoms with E-state index in [1.807, 2.05) is 0 Å². The van der Waals surface area contributed by atoms with Crippen molar-refractivity contribution in [2.45, 2.75) is 6.10 Å². The second-order valence-electron chi connectivity index (χ2n) is 3.19. The summed E-state index contributed by atoms with van der Waals surface area (Å²) in [5.41, 5.74) is 0.124. The van der Waals surface area contributed by atoms with Crippen molar-refractivity contribution < 1.29 is 29.2 Å². The van der Waals surface area contributed by atoms with Gasteiger partial charge in [0.05, 0.1) is 7.11 Å². The van der Waals surface area contributed by atoms with Gasteiger partial charge in [0.2, 0.25) is 6.79 Å². The normalized spacial score (nSPS) is 14.6. The molecule has 0 saturated carbocycles. The highest BCUT2D eigenvalue weighted by Gasteiger charge is 2.27. The Labute approximate surface area is 91.0 Å². The number of aliphatic hydroxyl groups excluding tert-OH is 1. The van der Waals surface area contributed by atoms with Crippen LogP contribution >= 0.6 is 0 Å². The number of carboxylic acids is 1. The number of fused-ring (bicyclic) bond motifs is 1. The third kappa shape index (κ3) is 1.63. The maximum absolute atomic E-state index is 10.7. The molecule has 2 N–H and O–H groups in total. The molecule has 0 fully saturated rings. The summed E-state index contributed by atoms with van der Waals surface area (Å²) < 4.78 is 15.2. The fraction of sp³-hybridized carbons (Fsp3) is 0.300. The maximum atomic E-state index is 10.7. The first-order valence-corrected chi connectivity index (χ1v) is 4.52. The largest absolute Gasteiger partial charge is 0.497 e. The summed E-state index contributed by atoms with van der Waals surface area (Å²) in [6.07, 6.45) is -1.66. The van der Waals surface area contributed by atoms with Gasteiger partial charge in [-0.1, -0.05) is 0 Å². The molecule has 0 spiro atoms. The van der Waals surface area contributed by atoms with Crippen LogP contribution in [0.5, 0.6) is 17.2 Å². The van der Waals surface area contributed by atoms with Crippen LogP contribution < -0.4 is 14.2 Å². The molecule has 0 bridgehead atoms. The highest BCUT2D eigenvalue weighted by molar-refractivity contribution is 5.76. The highest BCUT2D eigenvalue weighted by Crippen LogP contribution is 2.41. The van der Waals surface area contributed by atoms with Gasteiger partial charge in [0.15, 0.2) is 17.6 Å². The van der Waals surface area contributed by atoms with Crippen LogP contribution in [0.1, 0.15) is 11.7 Å². The van der Waals surface area contributed by atoms with Crippen molar-refractivity contribution >= 4 is 5.97 Å². The molecule has 1 aliphatic heterocycles. The molecular formula is C10H10O6. The Kier molecular flexibility index (Phi) is 2.57. The first-order chi connectivity index (χ1) is 7.63. The van der Waals surface area contributed by atoms with E-state index in [9.17, 15) is 9.90 Å². The number of carbonyl (C=O) groups is 1. The van der Waals surface area contributed by atoms with Crippen LogP contribution in [0.4, 0.5) is 0 Å². The van der Waals surface area contributed by atoms with Gasteiger partial charge in [0, 0.05) is 11.6 Å². The van der Waals surface area contributed by atoms with Crippen LogP contribution in [0.2, 0.25) is 0 Å². The molecule has 0 aromatic heterocycles. The minimum absolute atomic E-state index is 0.00183. The van der Waals surface area contributed by atoms with Crippen molar-refractivity contribution in [3.05, 3.63) is 17.7 Å². The highest BCUT2D eigenvalue weighted by atomic mass is 16.7. The third-order valence-electron chi connectivity index (χ3n) is 2.24.